The lowest BCUT2D eigenvalue weighted by Crippen LogP contribution is -2.50. The number of hydrogen-bond acceptors (Lipinski definition) is 6. The van der Waals surface area contributed by atoms with Crippen LogP contribution in [0.2, 0.25) is 0 Å². The lowest BCUT2D eigenvalue weighted by Gasteiger charge is -2.31. The van der Waals surface area contributed by atoms with Gasteiger partial charge in [-0.15, -0.1) is 0 Å². The Balaban J connectivity index is 4.53. The molecule has 0 spiro atoms. The summed E-state index contributed by atoms with van der Waals surface area (Å²) < 4.78 is 17.2. The Morgan fingerprint density at radius 3 is 1.48 bits per heavy atom. The molecular weight excluding hydrogens is 775 g/mol. The first-order chi connectivity index (χ1) is 30.1. The minimum absolute atomic E-state index is 0.0181. The molecule has 0 saturated heterocycles. The maximum absolute atomic E-state index is 12.7. The molecule has 1 N–H and O–H groups in total. The number of carbonyl (C=O) groups excluding carboxylic acids is 2. The van der Waals surface area contributed by atoms with E-state index in [1.54, 1.807) is 0 Å². The van der Waals surface area contributed by atoms with Gasteiger partial charge in [0.15, 0.2) is 12.1 Å². The van der Waals surface area contributed by atoms with Crippen molar-refractivity contribution in [2.24, 2.45) is 0 Å². The Hall–Kier alpha value is -4.53. The van der Waals surface area contributed by atoms with Gasteiger partial charge in [-0.25, -0.2) is 4.79 Å². The number of quaternary nitrogens is 1. The van der Waals surface area contributed by atoms with Crippen molar-refractivity contribution in [3.05, 3.63) is 134 Å². The molecule has 0 aliphatic carbocycles. The fourth-order valence-electron chi connectivity index (χ4n) is 5.85. The van der Waals surface area contributed by atoms with Crippen molar-refractivity contribution in [1.82, 2.24) is 0 Å². The van der Waals surface area contributed by atoms with Crippen molar-refractivity contribution in [1.29, 1.82) is 0 Å². The molecule has 0 bridgehead atoms. The number of aliphatic carboxylic acids is 1. The van der Waals surface area contributed by atoms with Crippen LogP contribution in [0, 0.1) is 0 Å². The molecule has 8 heteroatoms. The van der Waals surface area contributed by atoms with E-state index in [1.807, 2.05) is 81.9 Å². The number of likely N-dealkylation sites (N-methyl/N-ethyl adjacent to an activating group) is 1. The molecule has 0 aromatic rings. The molecule has 2 atom stereocenters. The topological polar surface area (TPSA) is 99.1 Å². The van der Waals surface area contributed by atoms with Crippen LogP contribution in [0.25, 0.3) is 0 Å². The smallest absolute Gasteiger partial charge is 0.362 e. The highest BCUT2D eigenvalue weighted by Crippen LogP contribution is 2.11. The number of rotatable bonds is 39. The van der Waals surface area contributed by atoms with Crippen molar-refractivity contribution in [2.75, 3.05) is 41.0 Å². The summed E-state index contributed by atoms with van der Waals surface area (Å²) in [6.07, 6.45) is 62.1. The van der Waals surface area contributed by atoms with Crippen molar-refractivity contribution in [3.8, 4) is 0 Å². The second-order valence-corrected chi connectivity index (χ2v) is 16.1. The van der Waals surface area contributed by atoms with Gasteiger partial charge in [0.25, 0.3) is 0 Å². The van der Waals surface area contributed by atoms with Gasteiger partial charge in [0.2, 0.25) is 0 Å². The Morgan fingerprint density at radius 2 is 0.968 bits per heavy atom. The predicted octanol–water partition coefficient (Wildman–Crippen LogP) is 13.2. The SMILES string of the molecule is CC/C=C/C=C/C=C/C=C/C=C/C=C/CCCCCC(=O)OCC(COCCC(C(=O)O)[N+](C)(C)C)OC(=O)CCCC/C=C/C/C=C/C/C=C/C/C=C/C/C=C/CCCCC. The minimum atomic E-state index is -0.896. The van der Waals surface area contributed by atoms with E-state index in [-0.39, 0.29) is 49.1 Å². The Bertz CT molecular complexity index is 1470. The second kappa shape index (κ2) is 43.1. The Morgan fingerprint density at radius 1 is 0.516 bits per heavy atom. The maximum atomic E-state index is 12.7. The molecule has 0 saturated carbocycles. The minimum Gasteiger partial charge on any atom is -0.477 e. The van der Waals surface area contributed by atoms with Crippen molar-refractivity contribution in [3.63, 3.8) is 0 Å². The number of unbranched alkanes of at least 4 members (excludes halogenated alkanes) is 8. The van der Waals surface area contributed by atoms with E-state index >= 15 is 0 Å². The number of carbonyl (C=O) groups is 3. The third-order valence-electron chi connectivity index (χ3n) is 9.45. The first-order valence-corrected chi connectivity index (χ1v) is 23.3. The zero-order chi connectivity index (χ0) is 45.6. The van der Waals surface area contributed by atoms with Crippen LogP contribution in [-0.2, 0) is 28.6 Å². The summed E-state index contributed by atoms with van der Waals surface area (Å²) in [5.41, 5.74) is 0. The van der Waals surface area contributed by atoms with Crippen LogP contribution >= 0.6 is 0 Å². The van der Waals surface area contributed by atoms with Gasteiger partial charge in [0.05, 0.1) is 34.4 Å². The quantitative estimate of drug-likeness (QED) is 0.0216. The summed E-state index contributed by atoms with van der Waals surface area (Å²) in [4.78, 5) is 37.0. The summed E-state index contributed by atoms with van der Waals surface area (Å²) in [7, 11) is 5.48. The third-order valence-corrected chi connectivity index (χ3v) is 9.45. The molecule has 0 amide bonds. The van der Waals surface area contributed by atoms with E-state index in [9.17, 15) is 19.5 Å². The normalized spacial score (nSPS) is 14.1. The van der Waals surface area contributed by atoms with E-state index in [2.05, 4.69) is 86.8 Å². The van der Waals surface area contributed by atoms with Crippen molar-refractivity contribution < 1.29 is 38.2 Å². The summed E-state index contributed by atoms with van der Waals surface area (Å²) in [5.74, 6) is -1.60. The van der Waals surface area contributed by atoms with Gasteiger partial charge >= 0.3 is 17.9 Å². The number of nitrogens with zero attached hydrogens (tertiary/aromatic N) is 1. The number of carboxylic acid groups (broad SMARTS) is 1. The zero-order valence-electron chi connectivity index (χ0n) is 39.3. The monoisotopic (exact) mass is 859 g/mol. The lowest BCUT2D eigenvalue weighted by atomic mass is 10.1. The highest BCUT2D eigenvalue weighted by Gasteiger charge is 2.31. The van der Waals surface area contributed by atoms with Crippen molar-refractivity contribution >= 4 is 17.9 Å². The lowest BCUT2D eigenvalue weighted by molar-refractivity contribution is -0.887. The number of esters is 2. The molecule has 62 heavy (non-hydrogen) atoms. The summed E-state index contributed by atoms with van der Waals surface area (Å²) in [6.45, 7) is 4.43. The molecule has 0 aromatic carbocycles. The third kappa shape index (κ3) is 40.9. The van der Waals surface area contributed by atoms with E-state index in [1.165, 1.54) is 25.7 Å². The summed E-state index contributed by atoms with van der Waals surface area (Å²) in [5, 5.41) is 9.63. The molecule has 0 heterocycles. The molecule has 0 radical (unpaired) electrons. The fraction of sp³-hybridized carbons (Fsp3) is 0.537. The van der Waals surface area contributed by atoms with Gasteiger partial charge in [-0.2, -0.15) is 0 Å². The standard InChI is InChI=1S/C54H83NO7/c1-6-8-10-12-14-16-18-20-22-24-25-26-27-29-31-33-35-37-39-41-43-45-53(57)62-50(48-60-47-46-51(54(58)59)55(3,4)5)49-61-52(56)44-42-40-38-36-34-32-30-28-23-21-19-17-15-13-11-9-7-2/h9,11,13-17,19-23,25-26,28-32,34-35,37,50-51H,6-8,10,12,18,24,27,33,36,38-49H2,1-5H3/p+1/b11-9+,15-13+,16-14+,19-17+,22-20+,23-21+,26-25+,30-28+,31-29+,34-32+,37-35+. The van der Waals surface area contributed by atoms with Crippen LogP contribution in [0.3, 0.4) is 0 Å². The number of hydrogen-bond donors (Lipinski definition) is 1. The highest BCUT2D eigenvalue weighted by atomic mass is 16.6. The molecule has 0 aliphatic heterocycles. The number of allylic oxidation sites excluding steroid dienone is 22. The van der Waals surface area contributed by atoms with E-state index in [0.29, 0.717) is 19.3 Å². The Kier molecular flexibility index (Phi) is 40.0. The summed E-state index contributed by atoms with van der Waals surface area (Å²) in [6, 6.07) is -0.640. The molecule has 0 rings (SSSR count). The van der Waals surface area contributed by atoms with E-state index < -0.39 is 18.1 Å². The molecule has 0 aromatic heterocycles. The average Bonchev–Trinajstić information content (AvgIpc) is 3.23. The highest BCUT2D eigenvalue weighted by molar-refractivity contribution is 5.72. The van der Waals surface area contributed by atoms with Crippen LogP contribution in [0.5, 0.6) is 0 Å². The number of carboxylic acids is 1. The first kappa shape index (κ1) is 57.5. The van der Waals surface area contributed by atoms with Crippen molar-refractivity contribution in [2.45, 2.75) is 148 Å². The van der Waals surface area contributed by atoms with Gasteiger partial charge < -0.3 is 23.8 Å². The second-order valence-electron chi connectivity index (χ2n) is 16.1. The fourth-order valence-corrected chi connectivity index (χ4v) is 5.85. The van der Waals surface area contributed by atoms with Crippen LogP contribution in [0.4, 0.5) is 0 Å². The molecule has 8 nitrogen and oxygen atoms in total. The molecule has 0 fully saturated rings. The van der Waals surface area contributed by atoms with Gasteiger partial charge in [-0.1, -0.05) is 167 Å². The first-order valence-electron chi connectivity index (χ1n) is 23.3. The number of ether oxygens (including phenoxy) is 3. The van der Waals surface area contributed by atoms with Crippen LogP contribution in [0.15, 0.2) is 134 Å². The molecular formula is C54H84NO7+. The predicted molar refractivity (Wildman–Crippen MR) is 261 cm³/mol. The van der Waals surface area contributed by atoms with Crippen LogP contribution < -0.4 is 0 Å². The van der Waals surface area contributed by atoms with Crippen LogP contribution in [0.1, 0.15) is 136 Å². The average molecular weight is 859 g/mol. The maximum Gasteiger partial charge on any atom is 0.362 e. The van der Waals surface area contributed by atoms with Gasteiger partial charge in [-0.3, -0.25) is 9.59 Å². The largest absolute Gasteiger partial charge is 0.477 e. The van der Waals surface area contributed by atoms with Gasteiger partial charge in [0, 0.05) is 19.3 Å². The zero-order valence-corrected chi connectivity index (χ0v) is 39.3. The van der Waals surface area contributed by atoms with Gasteiger partial charge in [0.1, 0.15) is 6.61 Å². The van der Waals surface area contributed by atoms with E-state index in [4.69, 9.17) is 14.2 Å². The van der Waals surface area contributed by atoms with Crippen LogP contribution in [-0.4, -0.2) is 80.6 Å². The van der Waals surface area contributed by atoms with Gasteiger partial charge in [-0.05, 0) is 83.5 Å². The van der Waals surface area contributed by atoms with E-state index in [0.717, 1.165) is 64.2 Å². The molecule has 0 aliphatic rings. The Labute approximate surface area is 377 Å². The summed E-state index contributed by atoms with van der Waals surface area (Å²) >= 11 is 0. The molecule has 346 valence electrons. The molecule has 2 unspecified atom stereocenters.